The molecule has 0 atom stereocenters. The molecule has 108 valence electrons. The zero-order valence-corrected chi connectivity index (χ0v) is 12.3. The number of hydrogen-bond donors (Lipinski definition) is 1. The van der Waals surface area contributed by atoms with E-state index in [0.29, 0.717) is 17.9 Å². The van der Waals surface area contributed by atoms with E-state index < -0.39 is 15.8 Å². The first-order valence-corrected chi connectivity index (χ1v) is 8.20. The molecule has 20 heavy (non-hydrogen) atoms. The van der Waals surface area contributed by atoms with Crippen LogP contribution in [-0.2, 0) is 27.1 Å². The maximum atomic E-state index is 13.0. The van der Waals surface area contributed by atoms with Gasteiger partial charge in [-0.2, -0.15) is 0 Å². The Morgan fingerprint density at radius 3 is 2.95 bits per heavy atom. The van der Waals surface area contributed by atoms with Gasteiger partial charge in [-0.15, -0.1) is 11.3 Å². The molecule has 0 spiro atoms. The molecule has 0 aliphatic carbocycles. The van der Waals surface area contributed by atoms with Crippen molar-refractivity contribution in [3.05, 3.63) is 46.7 Å². The van der Waals surface area contributed by atoms with Gasteiger partial charge in [0.1, 0.15) is 5.82 Å². The van der Waals surface area contributed by atoms with E-state index in [1.54, 1.807) is 11.4 Å². The number of methoxy groups -OCH3 is 1. The van der Waals surface area contributed by atoms with E-state index in [9.17, 15) is 12.8 Å². The minimum atomic E-state index is -3.62. The van der Waals surface area contributed by atoms with Crippen LogP contribution < -0.4 is 4.72 Å². The number of aromatic nitrogens is 1. The van der Waals surface area contributed by atoms with E-state index in [1.165, 1.54) is 36.6 Å². The second-order valence-electron chi connectivity index (χ2n) is 4.07. The topological polar surface area (TPSA) is 68.3 Å². The molecule has 5 nitrogen and oxygen atoms in total. The summed E-state index contributed by atoms with van der Waals surface area (Å²) in [7, 11) is -2.08. The summed E-state index contributed by atoms with van der Waals surface area (Å²) in [4.78, 5) is 4.07. The predicted molar refractivity (Wildman–Crippen MR) is 75.5 cm³/mol. The lowest BCUT2D eigenvalue weighted by Crippen LogP contribution is -2.15. The number of anilines is 1. The molecule has 0 aliphatic heterocycles. The number of hydrogen-bond acceptors (Lipinski definition) is 5. The van der Waals surface area contributed by atoms with Gasteiger partial charge in [0, 0.05) is 12.5 Å². The smallest absolute Gasteiger partial charge is 0.238 e. The fraction of sp³-hybridized carbons (Fsp3) is 0.250. The number of thiazole rings is 1. The Morgan fingerprint density at radius 1 is 1.45 bits per heavy atom. The van der Waals surface area contributed by atoms with Crippen LogP contribution in [0.25, 0.3) is 0 Å². The molecule has 8 heteroatoms. The van der Waals surface area contributed by atoms with Crippen LogP contribution >= 0.6 is 11.3 Å². The zero-order valence-electron chi connectivity index (χ0n) is 10.7. The average molecular weight is 316 g/mol. The van der Waals surface area contributed by atoms with E-state index in [4.69, 9.17) is 4.74 Å². The van der Waals surface area contributed by atoms with E-state index in [2.05, 4.69) is 9.71 Å². The number of benzene rings is 1. The normalized spacial score (nSPS) is 11.5. The van der Waals surface area contributed by atoms with Gasteiger partial charge in [0.05, 0.1) is 18.1 Å². The molecule has 2 aromatic rings. The first-order valence-electron chi connectivity index (χ1n) is 5.67. The summed E-state index contributed by atoms with van der Waals surface area (Å²) in [6.07, 6.45) is 0. The maximum absolute atomic E-state index is 13.0. The van der Waals surface area contributed by atoms with Gasteiger partial charge < -0.3 is 4.74 Å². The SMILES string of the molecule is COCc1csc(NS(=O)(=O)Cc2cccc(F)c2)n1. The van der Waals surface area contributed by atoms with Gasteiger partial charge in [0.15, 0.2) is 5.13 Å². The largest absolute Gasteiger partial charge is 0.378 e. The Hall–Kier alpha value is -1.51. The van der Waals surface area contributed by atoms with Crippen LogP contribution in [0.1, 0.15) is 11.3 Å². The fourth-order valence-electron chi connectivity index (χ4n) is 1.58. The van der Waals surface area contributed by atoms with Gasteiger partial charge in [-0.3, -0.25) is 4.72 Å². The molecule has 0 saturated carbocycles. The summed E-state index contributed by atoms with van der Waals surface area (Å²) >= 11 is 1.17. The molecule has 0 bridgehead atoms. The van der Waals surface area contributed by atoms with Crippen molar-refractivity contribution in [3.63, 3.8) is 0 Å². The van der Waals surface area contributed by atoms with Crippen LogP contribution in [0.4, 0.5) is 9.52 Å². The number of halogens is 1. The van der Waals surface area contributed by atoms with Crippen molar-refractivity contribution in [1.82, 2.24) is 4.98 Å². The number of rotatable bonds is 6. The lowest BCUT2D eigenvalue weighted by atomic mass is 10.2. The highest BCUT2D eigenvalue weighted by molar-refractivity contribution is 7.92. The van der Waals surface area contributed by atoms with Crippen LogP contribution in [0.15, 0.2) is 29.6 Å². The van der Waals surface area contributed by atoms with Crippen LogP contribution in [0.5, 0.6) is 0 Å². The van der Waals surface area contributed by atoms with Crippen LogP contribution in [-0.4, -0.2) is 20.5 Å². The third-order valence-corrected chi connectivity index (χ3v) is 4.49. The quantitative estimate of drug-likeness (QED) is 0.888. The second-order valence-corrected chi connectivity index (χ2v) is 6.65. The number of nitrogens with one attached hydrogen (secondary N) is 1. The molecule has 2 rings (SSSR count). The molecule has 0 fully saturated rings. The molecule has 1 aromatic heterocycles. The highest BCUT2D eigenvalue weighted by Crippen LogP contribution is 2.19. The van der Waals surface area contributed by atoms with Crippen molar-refractivity contribution in [3.8, 4) is 0 Å². The molecule has 0 unspecified atom stereocenters. The third-order valence-electron chi connectivity index (χ3n) is 2.33. The first kappa shape index (κ1) is 14.9. The molecular weight excluding hydrogens is 303 g/mol. The van der Waals surface area contributed by atoms with Crippen LogP contribution in [0.3, 0.4) is 0 Å². The number of sulfonamides is 1. The molecule has 0 saturated heterocycles. The number of nitrogens with zero attached hydrogens (tertiary/aromatic N) is 1. The monoisotopic (exact) mass is 316 g/mol. The van der Waals surface area contributed by atoms with E-state index in [0.717, 1.165) is 0 Å². The third kappa shape index (κ3) is 4.26. The molecule has 0 aliphatic rings. The van der Waals surface area contributed by atoms with E-state index in [1.807, 2.05) is 0 Å². The Kier molecular flexibility index (Phi) is 4.69. The minimum absolute atomic E-state index is 0.272. The van der Waals surface area contributed by atoms with Gasteiger partial charge >= 0.3 is 0 Å². The van der Waals surface area contributed by atoms with E-state index in [-0.39, 0.29) is 10.9 Å². The summed E-state index contributed by atoms with van der Waals surface area (Å²) in [5.41, 5.74) is 1.03. The van der Waals surface area contributed by atoms with Crippen molar-refractivity contribution in [1.29, 1.82) is 0 Å². The molecule has 1 aromatic carbocycles. The Morgan fingerprint density at radius 2 is 2.25 bits per heavy atom. The Labute approximate surface area is 120 Å². The molecule has 0 amide bonds. The Balaban J connectivity index is 2.06. The highest BCUT2D eigenvalue weighted by atomic mass is 32.2. The zero-order chi connectivity index (χ0) is 14.6. The summed E-state index contributed by atoms with van der Waals surface area (Å²) in [6, 6.07) is 5.49. The standard InChI is InChI=1S/C12H13FN2O3S2/c1-18-6-11-7-19-12(14-11)15-20(16,17)8-9-3-2-4-10(13)5-9/h2-5,7H,6,8H2,1H3,(H,14,15). The number of ether oxygens (including phenoxy) is 1. The second kappa shape index (κ2) is 6.29. The molecule has 1 N–H and O–H groups in total. The first-order chi connectivity index (χ1) is 9.48. The summed E-state index contributed by atoms with van der Waals surface area (Å²) in [5, 5.41) is 1.98. The van der Waals surface area contributed by atoms with Gasteiger partial charge in [-0.25, -0.2) is 17.8 Å². The van der Waals surface area contributed by atoms with Crippen molar-refractivity contribution >= 4 is 26.5 Å². The van der Waals surface area contributed by atoms with Gasteiger partial charge in [0.25, 0.3) is 0 Å². The van der Waals surface area contributed by atoms with Crippen molar-refractivity contribution < 1.29 is 17.5 Å². The summed E-state index contributed by atoms with van der Waals surface area (Å²) in [6.45, 7) is 0.322. The van der Waals surface area contributed by atoms with Gasteiger partial charge in [-0.1, -0.05) is 12.1 Å². The van der Waals surface area contributed by atoms with Crippen LogP contribution in [0, 0.1) is 5.82 Å². The van der Waals surface area contributed by atoms with Gasteiger partial charge in [-0.05, 0) is 17.7 Å². The Bertz CT molecular complexity index is 686. The van der Waals surface area contributed by atoms with E-state index >= 15 is 0 Å². The van der Waals surface area contributed by atoms with Crippen LogP contribution in [0.2, 0.25) is 0 Å². The predicted octanol–water partition coefficient (Wildman–Crippen LogP) is 2.37. The lowest BCUT2D eigenvalue weighted by molar-refractivity contribution is 0.182. The molecular formula is C12H13FN2O3S2. The minimum Gasteiger partial charge on any atom is -0.378 e. The highest BCUT2D eigenvalue weighted by Gasteiger charge is 2.14. The molecule has 0 radical (unpaired) electrons. The lowest BCUT2D eigenvalue weighted by Gasteiger charge is -2.05. The maximum Gasteiger partial charge on any atom is 0.238 e. The summed E-state index contributed by atoms with van der Waals surface area (Å²) in [5.74, 6) is -0.765. The van der Waals surface area contributed by atoms with Crippen molar-refractivity contribution in [2.24, 2.45) is 0 Å². The molecule has 1 heterocycles. The van der Waals surface area contributed by atoms with Crippen molar-refractivity contribution in [2.75, 3.05) is 11.8 Å². The summed E-state index contributed by atoms with van der Waals surface area (Å²) < 4.78 is 44.2. The average Bonchev–Trinajstić information content (AvgIpc) is 2.75. The van der Waals surface area contributed by atoms with Crippen molar-refractivity contribution in [2.45, 2.75) is 12.4 Å². The van der Waals surface area contributed by atoms with Gasteiger partial charge in [0.2, 0.25) is 10.0 Å². The fourth-order valence-corrected chi connectivity index (χ4v) is 3.70.